The monoisotopic (exact) mass is 257 g/mol. The number of hydrogen-bond acceptors (Lipinski definition) is 3. The van der Waals surface area contributed by atoms with Gasteiger partial charge in [0.05, 0.1) is 5.69 Å². The highest BCUT2D eigenvalue weighted by atomic mass is 16.1. The van der Waals surface area contributed by atoms with Crippen molar-refractivity contribution in [2.24, 2.45) is 7.05 Å². The largest absolute Gasteiger partial charge is 0.307 e. The maximum absolute atomic E-state index is 11.3. The Morgan fingerprint density at radius 3 is 2.53 bits per heavy atom. The van der Waals surface area contributed by atoms with Crippen LogP contribution >= 0.6 is 0 Å². The molecule has 4 nitrogen and oxygen atoms in total. The molecule has 1 aromatic carbocycles. The van der Waals surface area contributed by atoms with Gasteiger partial charge in [0.15, 0.2) is 5.78 Å². The lowest BCUT2D eigenvalue weighted by atomic mass is 10.1. The van der Waals surface area contributed by atoms with Crippen LogP contribution in [0.4, 0.5) is 0 Å². The molecule has 0 amide bonds. The molecule has 0 aliphatic rings. The first-order valence-corrected chi connectivity index (χ1v) is 6.36. The van der Waals surface area contributed by atoms with E-state index in [1.807, 2.05) is 6.07 Å². The van der Waals surface area contributed by atoms with Crippen LogP contribution in [-0.2, 0) is 20.1 Å². The summed E-state index contributed by atoms with van der Waals surface area (Å²) >= 11 is 0. The molecule has 1 aromatic heterocycles. The van der Waals surface area contributed by atoms with Gasteiger partial charge in [0, 0.05) is 27.1 Å². The smallest absolute Gasteiger partial charge is 0.177 e. The third-order valence-electron chi connectivity index (χ3n) is 3.05. The van der Waals surface area contributed by atoms with Crippen molar-refractivity contribution < 1.29 is 4.79 Å². The number of nitrogens with zero attached hydrogens (tertiary/aromatic N) is 2. The highest BCUT2D eigenvalue weighted by Crippen LogP contribution is 2.05. The summed E-state index contributed by atoms with van der Waals surface area (Å²) in [6.07, 6.45) is 0. The molecule has 0 fully saturated rings. The molecule has 0 saturated carbocycles. The van der Waals surface area contributed by atoms with Crippen LogP contribution in [0.25, 0.3) is 0 Å². The topological polar surface area (TPSA) is 46.9 Å². The normalized spacial score (nSPS) is 10.7. The fourth-order valence-corrected chi connectivity index (χ4v) is 1.98. The Kier molecular flexibility index (Phi) is 4.12. The Morgan fingerprint density at radius 1 is 1.26 bits per heavy atom. The number of nitrogens with one attached hydrogen (secondary N) is 1. The molecule has 0 bridgehead atoms. The van der Waals surface area contributed by atoms with E-state index in [1.54, 1.807) is 18.7 Å². The van der Waals surface area contributed by atoms with E-state index >= 15 is 0 Å². The minimum absolute atomic E-state index is 0.0415. The zero-order valence-electron chi connectivity index (χ0n) is 11.6. The lowest BCUT2D eigenvalue weighted by molar-refractivity contribution is 0.100. The standard InChI is InChI=1S/C15H19N3O/c1-11-4-6-13(7-5-11)9-16-10-14-8-15(12(2)19)18(3)17-14/h4-8,16H,9-10H2,1-3H3. The summed E-state index contributed by atoms with van der Waals surface area (Å²) in [7, 11) is 1.79. The Balaban J connectivity index is 1.90. The minimum Gasteiger partial charge on any atom is -0.307 e. The molecule has 0 atom stereocenters. The Bertz CT molecular complexity index is 570. The molecule has 2 aromatic rings. The van der Waals surface area contributed by atoms with Crippen molar-refractivity contribution in [3.63, 3.8) is 0 Å². The second-order valence-corrected chi connectivity index (χ2v) is 4.79. The average Bonchev–Trinajstić information content (AvgIpc) is 2.73. The van der Waals surface area contributed by atoms with Crippen molar-refractivity contribution in [3.05, 3.63) is 52.8 Å². The van der Waals surface area contributed by atoms with Gasteiger partial charge in [-0.25, -0.2) is 0 Å². The maximum Gasteiger partial charge on any atom is 0.177 e. The molecule has 4 heteroatoms. The van der Waals surface area contributed by atoms with Crippen molar-refractivity contribution >= 4 is 5.78 Å². The molecule has 0 aliphatic heterocycles. The first kappa shape index (κ1) is 13.5. The van der Waals surface area contributed by atoms with Gasteiger partial charge in [-0.2, -0.15) is 5.10 Å². The predicted molar refractivity (Wildman–Crippen MR) is 74.9 cm³/mol. The number of ketones is 1. The quantitative estimate of drug-likeness (QED) is 0.835. The summed E-state index contributed by atoms with van der Waals surface area (Å²) in [4.78, 5) is 11.3. The molecule has 2 rings (SSSR count). The van der Waals surface area contributed by atoms with Crippen molar-refractivity contribution in [2.75, 3.05) is 0 Å². The van der Waals surface area contributed by atoms with E-state index in [0.29, 0.717) is 12.2 Å². The first-order valence-electron chi connectivity index (χ1n) is 6.36. The number of Topliss-reactive ketones (excluding diaryl/α,β-unsaturated/α-hetero) is 1. The van der Waals surface area contributed by atoms with E-state index in [1.165, 1.54) is 11.1 Å². The van der Waals surface area contributed by atoms with Crippen LogP contribution in [0.2, 0.25) is 0 Å². The molecule has 19 heavy (non-hydrogen) atoms. The van der Waals surface area contributed by atoms with Crippen molar-refractivity contribution in [1.82, 2.24) is 15.1 Å². The summed E-state index contributed by atoms with van der Waals surface area (Å²) in [5, 5.41) is 7.64. The number of hydrogen-bond donors (Lipinski definition) is 1. The van der Waals surface area contributed by atoms with E-state index in [-0.39, 0.29) is 5.78 Å². The van der Waals surface area contributed by atoms with E-state index in [4.69, 9.17) is 0 Å². The number of carbonyl (C=O) groups is 1. The summed E-state index contributed by atoms with van der Waals surface area (Å²) < 4.78 is 1.63. The minimum atomic E-state index is 0.0415. The van der Waals surface area contributed by atoms with Crippen LogP contribution < -0.4 is 5.32 Å². The maximum atomic E-state index is 11.3. The molecule has 1 N–H and O–H groups in total. The van der Waals surface area contributed by atoms with Gasteiger partial charge in [0.2, 0.25) is 0 Å². The van der Waals surface area contributed by atoms with Gasteiger partial charge in [-0.1, -0.05) is 29.8 Å². The van der Waals surface area contributed by atoms with Crippen LogP contribution in [0.3, 0.4) is 0 Å². The van der Waals surface area contributed by atoms with E-state index in [0.717, 1.165) is 12.2 Å². The van der Waals surface area contributed by atoms with E-state index in [9.17, 15) is 4.79 Å². The molecule has 0 saturated heterocycles. The fourth-order valence-electron chi connectivity index (χ4n) is 1.98. The number of benzene rings is 1. The number of aryl methyl sites for hydroxylation is 2. The van der Waals surface area contributed by atoms with E-state index in [2.05, 4.69) is 41.6 Å². The number of aromatic nitrogens is 2. The lowest BCUT2D eigenvalue weighted by Crippen LogP contribution is -2.13. The van der Waals surface area contributed by atoms with Crippen molar-refractivity contribution in [1.29, 1.82) is 0 Å². The van der Waals surface area contributed by atoms with Gasteiger partial charge in [0.25, 0.3) is 0 Å². The average molecular weight is 257 g/mol. The summed E-state index contributed by atoms with van der Waals surface area (Å²) in [6, 6.07) is 10.3. The van der Waals surface area contributed by atoms with Crippen LogP contribution in [0, 0.1) is 6.92 Å². The van der Waals surface area contributed by atoms with Gasteiger partial charge in [0.1, 0.15) is 5.69 Å². The van der Waals surface area contributed by atoms with Gasteiger partial charge in [-0.15, -0.1) is 0 Å². The Labute approximate surface area is 113 Å². The molecule has 0 radical (unpaired) electrons. The third kappa shape index (κ3) is 3.51. The number of rotatable bonds is 5. The van der Waals surface area contributed by atoms with Crippen molar-refractivity contribution in [3.8, 4) is 0 Å². The summed E-state index contributed by atoms with van der Waals surface area (Å²) in [6.45, 7) is 5.09. The SMILES string of the molecule is CC(=O)c1cc(CNCc2ccc(C)cc2)nn1C. The van der Waals surface area contributed by atoms with Gasteiger partial charge >= 0.3 is 0 Å². The van der Waals surface area contributed by atoms with Gasteiger partial charge in [-0.05, 0) is 18.6 Å². The van der Waals surface area contributed by atoms with Crippen LogP contribution in [0.15, 0.2) is 30.3 Å². The van der Waals surface area contributed by atoms with Crippen molar-refractivity contribution in [2.45, 2.75) is 26.9 Å². The third-order valence-corrected chi connectivity index (χ3v) is 3.05. The molecule has 0 aliphatic carbocycles. The van der Waals surface area contributed by atoms with Crippen LogP contribution in [0.5, 0.6) is 0 Å². The van der Waals surface area contributed by atoms with Crippen LogP contribution in [-0.4, -0.2) is 15.6 Å². The zero-order valence-corrected chi connectivity index (χ0v) is 11.6. The summed E-state index contributed by atoms with van der Waals surface area (Å²) in [5.74, 6) is 0.0415. The second kappa shape index (κ2) is 5.80. The highest BCUT2D eigenvalue weighted by molar-refractivity contribution is 5.92. The number of carbonyl (C=O) groups excluding carboxylic acids is 1. The molecule has 100 valence electrons. The van der Waals surface area contributed by atoms with E-state index < -0.39 is 0 Å². The molecule has 0 spiro atoms. The van der Waals surface area contributed by atoms with Crippen LogP contribution in [0.1, 0.15) is 34.2 Å². The molecule has 1 heterocycles. The predicted octanol–water partition coefficient (Wildman–Crippen LogP) is 2.22. The van der Waals surface area contributed by atoms with Gasteiger partial charge in [-0.3, -0.25) is 9.48 Å². The lowest BCUT2D eigenvalue weighted by Gasteiger charge is -2.03. The molecular formula is C15H19N3O. The fraction of sp³-hybridized carbons (Fsp3) is 0.333. The highest BCUT2D eigenvalue weighted by Gasteiger charge is 2.08. The second-order valence-electron chi connectivity index (χ2n) is 4.79. The Morgan fingerprint density at radius 2 is 1.95 bits per heavy atom. The molecular weight excluding hydrogens is 238 g/mol. The first-order chi connectivity index (χ1) is 9.06. The summed E-state index contributed by atoms with van der Waals surface area (Å²) in [5.41, 5.74) is 4.04. The zero-order chi connectivity index (χ0) is 13.8. The van der Waals surface area contributed by atoms with Gasteiger partial charge < -0.3 is 5.32 Å². The Hall–Kier alpha value is -1.94. The molecule has 0 unspecified atom stereocenters.